The minimum absolute atomic E-state index is 0.122. The minimum atomic E-state index is -0.590. The zero-order valence-electron chi connectivity index (χ0n) is 10.1. The van der Waals surface area contributed by atoms with Crippen LogP contribution in [-0.4, -0.2) is 21.9 Å². The number of nitrogens with zero attached hydrogens (tertiary/aromatic N) is 2. The molecule has 0 unspecified atom stereocenters. The van der Waals surface area contributed by atoms with Crippen LogP contribution in [-0.2, 0) is 0 Å². The largest absolute Gasteiger partial charge is 0.299 e. The SMILES string of the molecule is CSc1ccc([N+](=O)[O-])c(C(=O)c2ccccc2)n1. The van der Waals surface area contributed by atoms with Crippen molar-refractivity contribution < 1.29 is 9.72 Å². The number of thioether (sulfide) groups is 1. The van der Waals surface area contributed by atoms with Gasteiger partial charge in [-0.15, -0.1) is 11.8 Å². The van der Waals surface area contributed by atoms with Gasteiger partial charge in [0.05, 0.1) is 9.95 Å². The van der Waals surface area contributed by atoms with Gasteiger partial charge in [-0.2, -0.15) is 0 Å². The summed E-state index contributed by atoms with van der Waals surface area (Å²) in [6.07, 6.45) is 1.80. The number of hydrogen-bond donors (Lipinski definition) is 0. The molecule has 19 heavy (non-hydrogen) atoms. The summed E-state index contributed by atoms with van der Waals surface area (Å²) in [6, 6.07) is 11.3. The first kappa shape index (κ1) is 13.2. The number of pyridine rings is 1. The highest BCUT2D eigenvalue weighted by Gasteiger charge is 2.23. The lowest BCUT2D eigenvalue weighted by molar-refractivity contribution is -0.385. The molecule has 0 aliphatic carbocycles. The van der Waals surface area contributed by atoms with E-state index in [1.165, 1.54) is 23.9 Å². The summed E-state index contributed by atoms with van der Waals surface area (Å²) >= 11 is 1.33. The lowest BCUT2D eigenvalue weighted by atomic mass is 10.1. The maximum absolute atomic E-state index is 12.3. The number of aromatic nitrogens is 1. The van der Waals surface area contributed by atoms with Crippen molar-refractivity contribution in [3.05, 3.63) is 63.8 Å². The average molecular weight is 274 g/mol. The summed E-state index contributed by atoms with van der Waals surface area (Å²) in [5, 5.41) is 11.5. The molecule has 96 valence electrons. The third-order valence-corrected chi connectivity index (χ3v) is 3.15. The second-order valence-corrected chi connectivity index (χ2v) is 4.50. The van der Waals surface area contributed by atoms with Crippen LogP contribution in [0, 0.1) is 10.1 Å². The van der Waals surface area contributed by atoms with Gasteiger partial charge in [-0.05, 0) is 12.3 Å². The van der Waals surface area contributed by atoms with Crippen LogP contribution in [0.5, 0.6) is 0 Å². The molecule has 1 heterocycles. The highest BCUT2D eigenvalue weighted by atomic mass is 32.2. The fourth-order valence-corrected chi connectivity index (χ4v) is 1.97. The molecule has 0 saturated carbocycles. The molecule has 0 bridgehead atoms. The van der Waals surface area contributed by atoms with Crippen LogP contribution in [0.15, 0.2) is 47.5 Å². The molecule has 0 spiro atoms. The van der Waals surface area contributed by atoms with Crippen LogP contribution in [0.1, 0.15) is 16.1 Å². The lowest BCUT2D eigenvalue weighted by Crippen LogP contribution is -2.08. The molecule has 6 heteroatoms. The molecule has 0 N–H and O–H groups in total. The van der Waals surface area contributed by atoms with E-state index in [-0.39, 0.29) is 11.4 Å². The van der Waals surface area contributed by atoms with Crippen LogP contribution in [0.4, 0.5) is 5.69 Å². The third-order valence-electron chi connectivity index (χ3n) is 2.51. The highest BCUT2D eigenvalue weighted by molar-refractivity contribution is 7.98. The second kappa shape index (κ2) is 5.62. The van der Waals surface area contributed by atoms with Gasteiger partial charge in [-0.3, -0.25) is 14.9 Å². The number of carbonyl (C=O) groups excluding carboxylic acids is 1. The normalized spacial score (nSPS) is 10.2. The fraction of sp³-hybridized carbons (Fsp3) is 0.0769. The molecule has 0 amide bonds. The van der Waals surface area contributed by atoms with Gasteiger partial charge in [-0.1, -0.05) is 30.3 Å². The van der Waals surface area contributed by atoms with Gasteiger partial charge in [0, 0.05) is 11.6 Å². The molecule has 0 aliphatic rings. The summed E-state index contributed by atoms with van der Waals surface area (Å²) in [5.74, 6) is -0.441. The molecule has 2 aromatic rings. The van der Waals surface area contributed by atoms with Gasteiger partial charge in [-0.25, -0.2) is 4.98 Å². The van der Waals surface area contributed by atoms with Crippen LogP contribution in [0.25, 0.3) is 0 Å². The Morgan fingerprint density at radius 3 is 2.47 bits per heavy atom. The smallest absolute Gasteiger partial charge is 0.287 e. The number of nitro groups is 1. The van der Waals surface area contributed by atoms with Crippen molar-refractivity contribution in [1.82, 2.24) is 4.98 Å². The highest BCUT2D eigenvalue weighted by Crippen LogP contribution is 2.23. The molecule has 0 saturated heterocycles. The van der Waals surface area contributed by atoms with Crippen molar-refractivity contribution >= 4 is 23.2 Å². The van der Waals surface area contributed by atoms with Crippen molar-refractivity contribution in [2.75, 3.05) is 6.26 Å². The number of carbonyl (C=O) groups is 1. The summed E-state index contributed by atoms with van der Waals surface area (Å²) in [4.78, 5) is 26.7. The molecular formula is C13H10N2O3S. The molecule has 5 nitrogen and oxygen atoms in total. The van der Waals surface area contributed by atoms with Gasteiger partial charge in [0.2, 0.25) is 5.78 Å². The Bertz CT molecular complexity index is 629. The van der Waals surface area contributed by atoms with E-state index in [9.17, 15) is 14.9 Å². The molecule has 0 aliphatic heterocycles. The van der Waals surface area contributed by atoms with Gasteiger partial charge >= 0.3 is 0 Å². The van der Waals surface area contributed by atoms with E-state index >= 15 is 0 Å². The zero-order valence-corrected chi connectivity index (χ0v) is 10.9. The van der Waals surface area contributed by atoms with E-state index in [0.717, 1.165) is 0 Å². The maximum Gasteiger partial charge on any atom is 0.299 e. The topological polar surface area (TPSA) is 73.1 Å². The minimum Gasteiger partial charge on any atom is -0.287 e. The lowest BCUT2D eigenvalue weighted by Gasteiger charge is -2.03. The first-order chi connectivity index (χ1) is 9.13. The fourth-order valence-electron chi connectivity index (χ4n) is 1.59. The third kappa shape index (κ3) is 2.79. The van der Waals surface area contributed by atoms with Gasteiger partial charge in [0.1, 0.15) is 0 Å². The maximum atomic E-state index is 12.3. The number of ketones is 1. The molecular weight excluding hydrogens is 264 g/mol. The van der Waals surface area contributed by atoms with Crippen molar-refractivity contribution in [3.8, 4) is 0 Å². The van der Waals surface area contributed by atoms with Crippen molar-refractivity contribution in [2.45, 2.75) is 5.03 Å². The zero-order chi connectivity index (χ0) is 13.8. The van der Waals surface area contributed by atoms with Gasteiger partial charge in [0.25, 0.3) is 5.69 Å². The molecule has 0 fully saturated rings. The predicted octanol–water partition coefficient (Wildman–Crippen LogP) is 2.94. The van der Waals surface area contributed by atoms with Gasteiger partial charge < -0.3 is 0 Å². The molecule has 1 aromatic heterocycles. The van der Waals surface area contributed by atoms with E-state index < -0.39 is 10.7 Å². The molecule has 0 radical (unpaired) electrons. The summed E-state index contributed by atoms with van der Waals surface area (Å²) < 4.78 is 0. The molecule has 1 aromatic carbocycles. The van der Waals surface area contributed by atoms with Crippen molar-refractivity contribution in [1.29, 1.82) is 0 Å². The van der Waals surface area contributed by atoms with Crippen molar-refractivity contribution in [2.24, 2.45) is 0 Å². The average Bonchev–Trinajstić information content (AvgIpc) is 2.46. The van der Waals surface area contributed by atoms with E-state index in [1.807, 2.05) is 0 Å². The Balaban J connectivity index is 2.54. The Kier molecular flexibility index (Phi) is 3.91. The van der Waals surface area contributed by atoms with E-state index in [1.54, 1.807) is 36.6 Å². The van der Waals surface area contributed by atoms with Crippen LogP contribution in [0.3, 0.4) is 0 Å². The second-order valence-electron chi connectivity index (χ2n) is 3.67. The van der Waals surface area contributed by atoms with Crippen molar-refractivity contribution in [3.63, 3.8) is 0 Å². The molecule has 2 rings (SSSR count). The monoisotopic (exact) mass is 274 g/mol. The van der Waals surface area contributed by atoms with Crippen LogP contribution < -0.4 is 0 Å². The standard InChI is InChI=1S/C13H10N2O3S/c1-19-11-8-7-10(15(17)18)12(14-11)13(16)9-5-3-2-4-6-9/h2-8H,1H3. The first-order valence-corrected chi connectivity index (χ1v) is 6.65. The first-order valence-electron chi connectivity index (χ1n) is 5.42. The number of rotatable bonds is 4. The Hall–Kier alpha value is -2.21. The van der Waals surface area contributed by atoms with Crippen LogP contribution >= 0.6 is 11.8 Å². The number of benzene rings is 1. The van der Waals surface area contributed by atoms with E-state index in [4.69, 9.17) is 0 Å². The Labute approximate surface area is 113 Å². The summed E-state index contributed by atoms with van der Waals surface area (Å²) in [6.45, 7) is 0. The quantitative estimate of drug-likeness (QED) is 0.371. The Morgan fingerprint density at radius 2 is 1.89 bits per heavy atom. The predicted molar refractivity (Wildman–Crippen MR) is 72.5 cm³/mol. The Morgan fingerprint density at radius 1 is 1.21 bits per heavy atom. The summed E-state index contributed by atoms with van der Waals surface area (Å²) in [5.41, 5.74) is -0.00828. The van der Waals surface area contributed by atoms with E-state index in [2.05, 4.69) is 4.98 Å². The molecule has 0 atom stereocenters. The van der Waals surface area contributed by atoms with Gasteiger partial charge in [0.15, 0.2) is 5.69 Å². The summed E-state index contributed by atoms with van der Waals surface area (Å²) in [7, 11) is 0. The number of hydrogen-bond acceptors (Lipinski definition) is 5. The van der Waals surface area contributed by atoms with Crippen LogP contribution in [0.2, 0.25) is 0 Å². The van der Waals surface area contributed by atoms with E-state index in [0.29, 0.717) is 10.6 Å².